The molecular formula is C14H30N2S. The molecule has 17 heavy (non-hydrogen) atoms. The number of nitrogens with zero attached hydrogens (tertiary/aromatic N) is 1. The van der Waals surface area contributed by atoms with Gasteiger partial charge in [0.25, 0.3) is 0 Å². The molecule has 1 atom stereocenters. The molecule has 0 aromatic rings. The van der Waals surface area contributed by atoms with Crippen molar-refractivity contribution < 1.29 is 0 Å². The Morgan fingerprint density at radius 3 is 2.65 bits per heavy atom. The van der Waals surface area contributed by atoms with Gasteiger partial charge in [0.15, 0.2) is 0 Å². The monoisotopic (exact) mass is 258 g/mol. The average molecular weight is 258 g/mol. The normalized spacial score (nSPS) is 25.4. The standard InChI is InChI=1S/C14H30N2S/c1-12(2)13-10-15-14(3,4)11-16(13)8-6-7-9-17-5/h12-13,15H,6-11H2,1-5H3. The third-order valence-corrected chi connectivity index (χ3v) is 4.37. The van der Waals surface area contributed by atoms with Crippen molar-refractivity contribution >= 4 is 11.8 Å². The summed E-state index contributed by atoms with van der Waals surface area (Å²) in [7, 11) is 0. The Morgan fingerprint density at radius 2 is 2.06 bits per heavy atom. The first-order valence-electron chi connectivity index (χ1n) is 6.94. The molecule has 0 saturated carbocycles. The lowest BCUT2D eigenvalue weighted by molar-refractivity contribution is 0.0683. The molecule has 1 heterocycles. The van der Waals surface area contributed by atoms with Gasteiger partial charge in [-0.25, -0.2) is 0 Å². The van der Waals surface area contributed by atoms with E-state index >= 15 is 0 Å². The van der Waals surface area contributed by atoms with Gasteiger partial charge in [0.1, 0.15) is 0 Å². The summed E-state index contributed by atoms with van der Waals surface area (Å²) in [6, 6.07) is 0.720. The first-order valence-corrected chi connectivity index (χ1v) is 8.33. The first-order chi connectivity index (χ1) is 7.96. The average Bonchev–Trinajstić information content (AvgIpc) is 2.23. The van der Waals surface area contributed by atoms with Crippen LogP contribution in [0.15, 0.2) is 0 Å². The van der Waals surface area contributed by atoms with Gasteiger partial charge in [-0.2, -0.15) is 11.8 Å². The van der Waals surface area contributed by atoms with E-state index < -0.39 is 0 Å². The van der Waals surface area contributed by atoms with E-state index in [0.717, 1.165) is 18.5 Å². The van der Waals surface area contributed by atoms with Crippen LogP contribution in [0.3, 0.4) is 0 Å². The highest BCUT2D eigenvalue weighted by Gasteiger charge is 2.33. The van der Waals surface area contributed by atoms with Crippen molar-refractivity contribution in [3.63, 3.8) is 0 Å². The van der Waals surface area contributed by atoms with Crippen molar-refractivity contribution in [3.8, 4) is 0 Å². The molecule has 1 N–H and O–H groups in total. The van der Waals surface area contributed by atoms with E-state index in [2.05, 4.69) is 44.2 Å². The summed E-state index contributed by atoms with van der Waals surface area (Å²) in [4.78, 5) is 2.71. The lowest BCUT2D eigenvalue weighted by Gasteiger charge is -2.46. The molecule has 1 fully saturated rings. The van der Waals surface area contributed by atoms with Crippen LogP contribution in [0.2, 0.25) is 0 Å². The van der Waals surface area contributed by atoms with E-state index in [1.807, 2.05) is 11.8 Å². The fraction of sp³-hybridized carbons (Fsp3) is 1.00. The second kappa shape index (κ2) is 7.01. The molecule has 0 bridgehead atoms. The highest BCUT2D eigenvalue weighted by molar-refractivity contribution is 7.98. The van der Waals surface area contributed by atoms with E-state index in [4.69, 9.17) is 0 Å². The van der Waals surface area contributed by atoms with Crippen molar-refractivity contribution in [2.24, 2.45) is 5.92 Å². The topological polar surface area (TPSA) is 15.3 Å². The highest BCUT2D eigenvalue weighted by Crippen LogP contribution is 2.20. The zero-order valence-electron chi connectivity index (χ0n) is 12.3. The molecule has 0 aromatic carbocycles. The minimum atomic E-state index is 0.283. The number of hydrogen-bond acceptors (Lipinski definition) is 3. The second-order valence-electron chi connectivity index (χ2n) is 6.25. The van der Waals surface area contributed by atoms with Crippen LogP contribution in [0.5, 0.6) is 0 Å². The molecule has 0 aromatic heterocycles. The second-order valence-corrected chi connectivity index (χ2v) is 7.23. The minimum absolute atomic E-state index is 0.283. The van der Waals surface area contributed by atoms with Crippen molar-refractivity contribution in [3.05, 3.63) is 0 Å². The maximum absolute atomic E-state index is 3.68. The van der Waals surface area contributed by atoms with Crippen LogP contribution < -0.4 is 5.32 Å². The Hall–Kier alpha value is 0.270. The van der Waals surface area contributed by atoms with Crippen LogP contribution >= 0.6 is 11.8 Å². The van der Waals surface area contributed by atoms with Crippen LogP contribution in [0.25, 0.3) is 0 Å². The third-order valence-electron chi connectivity index (χ3n) is 3.67. The first kappa shape index (κ1) is 15.3. The smallest absolute Gasteiger partial charge is 0.0252 e. The zero-order chi connectivity index (χ0) is 12.9. The predicted molar refractivity (Wildman–Crippen MR) is 79.9 cm³/mol. The lowest BCUT2D eigenvalue weighted by Crippen LogP contribution is -2.62. The maximum Gasteiger partial charge on any atom is 0.0252 e. The van der Waals surface area contributed by atoms with E-state index in [-0.39, 0.29) is 5.54 Å². The summed E-state index contributed by atoms with van der Waals surface area (Å²) in [5.41, 5.74) is 0.283. The van der Waals surface area contributed by atoms with Gasteiger partial charge in [-0.3, -0.25) is 4.90 Å². The van der Waals surface area contributed by atoms with Crippen LogP contribution in [0, 0.1) is 5.92 Å². The summed E-state index contributed by atoms with van der Waals surface area (Å²) in [5, 5.41) is 3.68. The summed E-state index contributed by atoms with van der Waals surface area (Å²) in [6.45, 7) is 12.9. The molecule has 1 unspecified atom stereocenters. The number of nitrogens with one attached hydrogen (secondary N) is 1. The van der Waals surface area contributed by atoms with Crippen molar-refractivity contribution in [2.75, 3.05) is 31.6 Å². The number of unbranched alkanes of at least 4 members (excludes halogenated alkanes) is 1. The summed E-state index contributed by atoms with van der Waals surface area (Å²) < 4.78 is 0. The van der Waals surface area contributed by atoms with Gasteiger partial charge in [0, 0.05) is 24.7 Å². The van der Waals surface area contributed by atoms with Crippen LogP contribution in [0.4, 0.5) is 0 Å². The van der Waals surface area contributed by atoms with Crippen molar-refractivity contribution in [1.29, 1.82) is 0 Å². The van der Waals surface area contributed by atoms with Gasteiger partial charge in [0.2, 0.25) is 0 Å². The molecule has 0 aliphatic carbocycles. The molecule has 1 saturated heterocycles. The van der Waals surface area contributed by atoms with Crippen LogP contribution in [-0.4, -0.2) is 48.1 Å². The fourth-order valence-electron chi connectivity index (χ4n) is 2.65. The third kappa shape index (κ3) is 5.19. The molecule has 1 rings (SSSR count). The largest absolute Gasteiger partial charge is 0.309 e. The van der Waals surface area contributed by atoms with Gasteiger partial charge in [-0.1, -0.05) is 13.8 Å². The number of piperazine rings is 1. The molecule has 0 amide bonds. The van der Waals surface area contributed by atoms with E-state index in [0.29, 0.717) is 0 Å². The van der Waals surface area contributed by atoms with E-state index in [1.54, 1.807) is 0 Å². The number of thioether (sulfide) groups is 1. The molecule has 2 nitrogen and oxygen atoms in total. The summed E-state index contributed by atoms with van der Waals surface area (Å²) in [6.07, 6.45) is 4.90. The predicted octanol–water partition coefficient (Wildman–Crippen LogP) is 2.84. The van der Waals surface area contributed by atoms with Gasteiger partial charge >= 0.3 is 0 Å². The van der Waals surface area contributed by atoms with E-state index in [9.17, 15) is 0 Å². The Balaban J connectivity index is 2.44. The maximum atomic E-state index is 3.68. The molecule has 1 aliphatic rings. The van der Waals surface area contributed by atoms with Gasteiger partial charge < -0.3 is 5.32 Å². The van der Waals surface area contributed by atoms with Crippen molar-refractivity contribution in [2.45, 2.75) is 52.1 Å². The SMILES string of the molecule is CSCCCCN1CC(C)(C)NCC1C(C)C. The Labute approximate surface area is 112 Å². The molecule has 102 valence electrons. The van der Waals surface area contributed by atoms with Gasteiger partial charge in [0.05, 0.1) is 0 Å². The number of hydrogen-bond donors (Lipinski definition) is 1. The Morgan fingerprint density at radius 1 is 1.35 bits per heavy atom. The molecule has 0 spiro atoms. The fourth-order valence-corrected chi connectivity index (χ4v) is 3.15. The summed E-state index contributed by atoms with van der Waals surface area (Å²) in [5.74, 6) is 2.06. The Kier molecular flexibility index (Phi) is 6.32. The van der Waals surface area contributed by atoms with Crippen molar-refractivity contribution in [1.82, 2.24) is 10.2 Å². The number of rotatable bonds is 6. The Bertz CT molecular complexity index is 216. The van der Waals surface area contributed by atoms with Gasteiger partial charge in [-0.05, 0) is 51.2 Å². The van der Waals surface area contributed by atoms with Gasteiger partial charge in [-0.15, -0.1) is 0 Å². The lowest BCUT2D eigenvalue weighted by atomic mass is 9.93. The molecule has 3 heteroatoms. The van der Waals surface area contributed by atoms with Crippen LogP contribution in [-0.2, 0) is 0 Å². The van der Waals surface area contributed by atoms with E-state index in [1.165, 1.54) is 31.7 Å². The minimum Gasteiger partial charge on any atom is -0.309 e. The zero-order valence-corrected chi connectivity index (χ0v) is 13.1. The highest BCUT2D eigenvalue weighted by atomic mass is 32.2. The quantitative estimate of drug-likeness (QED) is 0.738. The molecule has 0 radical (unpaired) electrons. The molecule has 1 aliphatic heterocycles. The van der Waals surface area contributed by atoms with Crippen LogP contribution in [0.1, 0.15) is 40.5 Å². The molecular weight excluding hydrogens is 228 g/mol. The summed E-state index contributed by atoms with van der Waals surface area (Å²) >= 11 is 1.96.